The molecule has 1 saturated carbocycles. The van der Waals surface area contributed by atoms with Crippen LogP contribution in [0.25, 0.3) is 22.6 Å². The van der Waals surface area contributed by atoms with Crippen LogP contribution >= 0.6 is 11.6 Å². The fraction of sp³-hybridized carbons (Fsp3) is 0.382. The van der Waals surface area contributed by atoms with E-state index in [1.807, 2.05) is 6.07 Å². The Morgan fingerprint density at radius 2 is 1.59 bits per heavy atom. The molecule has 0 unspecified atom stereocenters. The van der Waals surface area contributed by atoms with E-state index in [0.717, 1.165) is 67.2 Å². The lowest BCUT2D eigenvalue weighted by atomic mass is 9.89. The summed E-state index contributed by atoms with van der Waals surface area (Å²) in [6.07, 6.45) is 8.71. The molecule has 0 spiro atoms. The number of halogens is 2. The van der Waals surface area contributed by atoms with Gasteiger partial charge in [-0.25, -0.2) is 9.37 Å². The van der Waals surface area contributed by atoms with Crippen LogP contribution in [0, 0.1) is 11.7 Å². The largest absolute Gasteiger partial charge is 0.326 e. The van der Waals surface area contributed by atoms with E-state index < -0.39 is 0 Å². The Labute approximate surface area is 237 Å². The minimum Gasteiger partial charge on any atom is -0.326 e. The quantitative estimate of drug-likeness (QED) is 0.188. The summed E-state index contributed by atoms with van der Waals surface area (Å²) in [5, 5.41) is 0.189. The molecular formula is C34H39ClFN3. The standard InChI is InChI=1S/C34H39ClFN3/c1-2-3-21-39-32(33(28-15-9-5-10-16-28)37-34(39)29-17-11-6-12-18-29)25-38(23-26-13-7-4-8-14-26)24-27-19-20-31(36)30(35)22-27/h5-6,9-12,15-20,22,26H,2-4,7-8,13-14,21,23-25H2,1H3. The Hall–Kier alpha value is -2.95. The average molecular weight is 544 g/mol. The van der Waals surface area contributed by atoms with Crippen molar-refractivity contribution >= 4 is 11.6 Å². The van der Waals surface area contributed by atoms with Crippen molar-refractivity contribution in [1.29, 1.82) is 0 Å². The molecule has 39 heavy (non-hydrogen) atoms. The first-order valence-electron chi connectivity index (χ1n) is 14.5. The number of imidazole rings is 1. The first kappa shape index (κ1) is 27.6. The molecule has 0 radical (unpaired) electrons. The molecule has 0 N–H and O–H groups in total. The Bertz CT molecular complexity index is 1330. The van der Waals surface area contributed by atoms with Gasteiger partial charge in [0, 0.05) is 37.3 Å². The second-order valence-corrected chi connectivity index (χ2v) is 11.3. The fourth-order valence-electron chi connectivity index (χ4n) is 5.87. The second kappa shape index (κ2) is 13.4. The smallest absolute Gasteiger partial charge is 0.141 e. The Morgan fingerprint density at radius 1 is 0.897 bits per heavy atom. The number of benzene rings is 3. The van der Waals surface area contributed by atoms with Gasteiger partial charge in [0.2, 0.25) is 0 Å². The molecule has 0 atom stereocenters. The number of unbranched alkanes of at least 4 members (excludes halogenated alkanes) is 1. The van der Waals surface area contributed by atoms with Crippen molar-refractivity contribution in [1.82, 2.24) is 14.5 Å². The summed E-state index contributed by atoms with van der Waals surface area (Å²) < 4.78 is 16.4. The van der Waals surface area contributed by atoms with Gasteiger partial charge in [0.25, 0.3) is 0 Å². The maximum absolute atomic E-state index is 14.0. The third kappa shape index (κ3) is 6.98. The highest BCUT2D eigenvalue weighted by Gasteiger charge is 2.24. The normalized spacial score (nSPS) is 14.3. The average Bonchev–Trinajstić information content (AvgIpc) is 3.33. The minimum absolute atomic E-state index is 0.189. The van der Waals surface area contributed by atoms with Crippen molar-refractivity contribution in [2.45, 2.75) is 71.5 Å². The van der Waals surface area contributed by atoms with E-state index in [0.29, 0.717) is 5.92 Å². The predicted molar refractivity (Wildman–Crippen MR) is 160 cm³/mol. The fourth-order valence-corrected chi connectivity index (χ4v) is 6.07. The second-order valence-electron chi connectivity index (χ2n) is 10.9. The Balaban J connectivity index is 1.57. The number of hydrogen-bond acceptors (Lipinski definition) is 2. The van der Waals surface area contributed by atoms with Crippen molar-refractivity contribution in [3.05, 3.63) is 101 Å². The maximum atomic E-state index is 14.0. The van der Waals surface area contributed by atoms with Gasteiger partial charge in [-0.1, -0.05) is 111 Å². The van der Waals surface area contributed by atoms with Crippen LogP contribution in [0.4, 0.5) is 4.39 Å². The van der Waals surface area contributed by atoms with Crippen molar-refractivity contribution in [2.75, 3.05) is 6.54 Å². The molecule has 3 nitrogen and oxygen atoms in total. The molecule has 0 bridgehead atoms. The van der Waals surface area contributed by atoms with Gasteiger partial charge in [-0.15, -0.1) is 0 Å². The van der Waals surface area contributed by atoms with Crippen LogP contribution in [-0.4, -0.2) is 21.0 Å². The molecule has 0 aliphatic heterocycles. The highest BCUT2D eigenvalue weighted by Crippen LogP contribution is 2.33. The number of aromatic nitrogens is 2. The molecule has 5 rings (SSSR count). The van der Waals surface area contributed by atoms with Crippen molar-refractivity contribution in [3.63, 3.8) is 0 Å². The molecule has 5 heteroatoms. The molecule has 1 fully saturated rings. The number of nitrogens with zero attached hydrogens (tertiary/aromatic N) is 3. The molecule has 1 aromatic heterocycles. The van der Waals surface area contributed by atoms with Gasteiger partial charge in [0.1, 0.15) is 11.6 Å². The van der Waals surface area contributed by atoms with Crippen LogP contribution in [0.1, 0.15) is 63.1 Å². The monoisotopic (exact) mass is 543 g/mol. The van der Waals surface area contributed by atoms with E-state index in [9.17, 15) is 4.39 Å². The van der Waals surface area contributed by atoms with E-state index in [2.05, 4.69) is 77.1 Å². The Kier molecular flexibility index (Phi) is 9.49. The molecule has 204 valence electrons. The molecule has 1 aliphatic rings. The van der Waals surface area contributed by atoms with Crippen molar-refractivity contribution < 1.29 is 4.39 Å². The van der Waals surface area contributed by atoms with Gasteiger partial charge in [0.05, 0.1) is 16.4 Å². The molecule has 0 saturated heterocycles. The first-order valence-corrected chi connectivity index (χ1v) is 14.9. The lowest BCUT2D eigenvalue weighted by molar-refractivity contribution is 0.183. The molecular weight excluding hydrogens is 505 g/mol. The summed E-state index contributed by atoms with van der Waals surface area (Å²) in [6, 6.07) is 26.3. The molecule has 1 heterocycles. The summed E-state index contributed by atoms with van der Waals surface area (Å²) in [4.78, 5) is 7.84. The van der Waals surface area contributed by atoms with Crippen LogP contribution in [0.15, 0.2) is 78.9 Å². The third-order valence-corrected chi connectivity index (χ3v) is 8.18. The molecule has 0 amide bonds. The van der Waals surface area contributed by atoms with Crippen LogP contribution in [0.3, 0.4) is 0 Å². The van der Waals surface area contributed by atoms with E-state index in [4.69, 9.17) is 16.6 Å². The molecule has 4 aromatic rings. The van der Waals surface area contributed by atoms with Gasteiger partial charge in [0.15, 0.2) is 0 Å². The van der Waals surface area contributed by atoms with E-state index in [-0.39, 0.29) is 10.8 Å². The first-order chi connectivity index (χ1) is 19.1. The summed E-state index contributed by atoms with van der Waals surface area (Å²) in [6.45, 7) is 5.69. The highest BCUT2D eigenvalue weighted by atomic mass is 35.5. The van der Waals surface area contributed by atoms with E-state index in [1.54, 1.807) is 6.07 Å². The van der Waals surface area contributed by atoms with Crippen LogP contribution < -0.4 is 0 Å². The lowest BCUT2D eigenvalue weighted by Gasteiger charge is -2.30. The van der Waals surface area contributed by atoms with Crippen LogP contribution in [0.2, 0.25) is 5.02 Å². The van der Waals surface area contributed by atoms with Crippen LogP contribution in [-0.2, 0) is 19.6 Å². The minimum atomic E-state index is -0.365. The summed E-state index contributed by atoms with van der Waals surface area (Å²) >= 11 is 6.20. The summed E-state index contributed by atoms with van der Waals surface area (Å²) in [5.41, 5.74) is 5.62. The van der Waals surface area contributed by atoms with E-state index in [1.165, 1.54) is 43.9 Å². The van der Waals surface area contributed by atoms with Gasteiger partial charge in [-0.3, -0.25) is 4.90 Å². The van der Waals surface area contributed by atoms with Crippen molar-refractivity contribution in [2.24, 2.45) is 5.92 Å². The Morgan fingerprint density at radius 3 is 2.26 bits per heavy atom. The summed E-state index contributed by atoms with van der Waals surface area (Å²) in [5.74, 6) is 1.34. The molecule has 1 aliphatic carbocycles. The van der Waals surface area contributed by atoms with Crippen LogP contribution in [0.5, 0.6) is 0 Å². The highest BCUT2D eigenvalue weighted by molar-refractivity contribution is 6.30. The maximum Gasteiger partial charge on any atom is 0.141 e. The van der Waals surface area contributed by atoms with Gasteiger partial charge in [-0.05, 0) is 42.9 Å². The zero-order valence-electron chi connectivity index (χ0n) is 23.0. The van der Waals surface area contributed by atoms with Crippen molar-refractivity contribution in [3.8, 4) is 22.6 Å². The predicted octanol–water partition coefficient (Wildman–Crippen LogP) is 9.39. The van der Waals surface area contributed by atoms with Gasteiger partial charge >= 0.3 is 0 Å². The zero-order chi connectivity index (χ0) is 27.0. The number of rotatable bonds is 11. The SMILES string of the molecule is CCCCn1c(-c2ccccc2)nc(-c2ccccc2)c1CN(Cc1ccc(F)c(Cl)c1)CC1CCCCC1. The molecule has 3 aromatic carbocycles. The lowest BCUT2D eigenvalue weighted by Crippen LogP contribution is -2.31. The van der Waals surface area contributed by atoms with Gasteiger partial charge in [-0.2, -0.15) is 0 Å². The van der Waals surface area contributed by atoms with Gasteiger partial charge < -0.3 is 4.57 Å². The summed E-state index contributed by atoms with van der Waals surface area (Å²) in [7, 11) is 0. The number of hydrogen-bond donors (Lipinski definition) is 0. The zero-order valence-corrected chi connectivity index (χ0v) is 23.7. The van der Waals surface area contributed by atoms with E-state index >= 15 is 0 Å². The topological polar surface area (TPSA) is 21.1 Å². The third-order valence-electron chi connectivity index (χ3n) is 7.89.